The van der Waals surface area contributed by atoms with Gasteiger partial charge < -0.3 is 10.4 Å². The highest BCUT2D eigenvalue weighted by Gasteiger charge is 2.05. The summed E-state index contributed by atoms with van der Waals surface area (Å²) in [6, 6.07) is 10.1. The normalized spacial score (nSPS) is 10.5. The molecule has 0 bridgehead atoms. The zero-order valence-corrected chi connectivity index (χ0v) is 12.3. The third-order valence-corrected chi connectivity index (χ3v) is 3.52. The quantitative estimate of drug-likeness (QED) is 0.864. The molecule has 2 N–H and O–H groups in total. The third-order valence-electron chi connectivity index (χ3n) is 2.70. The molecule has 100 valence electrons. The van der Waals surface area contributed by atoms with Gasteiger partial charge in [0, 0.05) is 16.6 Å². The fraction of sp³-hybridized carbons (Fsp3) is 0.143. The van der Waals surface area contributed by atoms with E-state index in [-0.39, 0.29) is 12.4 Å². The SMILES string of the molecule is OCc1ccc(Cl)c(NCc2ccc(Br)cc2F)c1. The second-order valence-corrected chi connectivity index (χ2v) is 5.38. The summed E-state index contributed by atoms with van der Waals surface area (Å²) in [5.41, 5.74) is 1.98. The summed E-state index contributed by atoms with van der Waals surface area (Å²) in [7, 11) is 0. The number of nitrogens with one attached hydrogen (secondary N) is 1. The van der Waals surface area contributed by atoms with E-state index in [0.29, 0.717) is 27.3 Å². The predicted molar refractivity (Wildman–Crippen MR) is 78.8 cm³/mol. The first-order chi connectivity index (χ1) is 9.10. The van der Waals surface area contributed by atoms with E-state index in [1.165, 1.54) is 6.07 Å². The van der Waals surface area contributed by atoms with E-state index >= 15 is 0 Å². The molecule has 0 aliphatic rings. The van der Waals surface area contributed by atoms with Crippen LogP contribution in [0.15, 0.2) is 40.9 Å². The highest BCUT2D eigenvalue weighted by atomic mass is 79.9. The van der Waals surface area contributed by atoms with Gasteiger partial charge in [0.1, 0.15) is 5.82 Å². The standard InChI is InChI=1S/C14H12BrClFNO/c15-11-3-2-10(13(17)6-11)7-18-14-5-9(8-19)1-4-12(14)16/h1-6,18-19H,7-8H2. The lowest BCUT2D eigenvalue weighted by atomic mass is 10.2. The van der Waals surface area contributed by atoms with E-state index in [1.54, 1.807) is 30.3 Å². The average molecular weight is 345 g/mol. The fourth-order valence-electron chi connectivity index (χ4n) is 1.66. The number of aliphatic hydroxyl groups excluding tert-OH is 1. The molecule has 0 fully saturated rings. The van der Waals surface area contributed by atoms with E-state index in [4.69, 9.17) is 16.7 Å². The van der Waals surface area contributed by atoms with Gasteiger partial charge in [0.15, 0.2) is 0 Å². The van der Waals surface area contributed by atoms with Crippen molar-refractivity contribution in [3.8, 4) is 0 Å². The molecule has 2 nitrogen and oxygen atoms in total. The molecule has 0 spiro atoms. The van der Waals surface area contributed by atoms with Crippen molar-refractivity contribution >= 4 is 33.2 Å². The Hall–Kier alpha value is -1.10. The Morgan fingerprint density at radius 1 is 1.21 bits per heavy atom. The molecule has 19 heavy (non-hydrogen) atoms. The van der Waals surface area contributed by atoms with Crippen LogP contribution < -0.4 is 5.32 Å². The molecule has 2 aromatic carbocycles. The summed E-state index contributed by atoms with van der Waals surface area (Å²) in [6.07, 6.45) is 0. The smallest absolute Gasteiger partial charge is 0.129 e. The lowest BCUT2D eigenvalue weighted by molar-refractivity contribution is 0.282. The van der Waals surface area contributed by atoms with Gasteiger partial charge in [-0.1, -0.05) is 39.7 Å². The van der Waals surface area contributed by atoms with Gasteiger partial charge in [0.25, 0.3) is 0 Å². The van der Waals surface area contributed by atoms with Gasteiger partial charge in [-0.05, 0) is 29.8 Å². The van der Waals surface area contributed by atoms with Crippen LogP contribution in [-0.4, -0.2) is 5.11 Å². The number of hydrogen-bond donors (Lipinski definition) is 2. The van der Waals surface area contributed by atoms with Crippen molar-refractivity contribution in [3.63, 3.8) is 0 Å². The number of rotatable bonds is 4. The lowest BCUT2D eigenvalue weighted by Gasteiger charge is -2.10. The van der Waals surface area contributed by atoms with Crippen molar-refractivity contribution in [2.24, 2.45) is 0 Å². The minimum absolute atomic E-state index is 0.0570. The molecule has 2 aromatic rings. The summed E-state index contributed by atoms with van der Waals surface area (Å²) in [4.78, 5) is 0. The Morgan fingerprint density at radius 2 is 2.00 bits per heavy atom. The number of aliphatic hydroxyl groups is 1. The van der Waals surface area contributed by atoms with Crippen LogP contribution in [0.1, 0.15) is 11.1 Å². The summed E-state index contributed by atoms with van der Waals surface area (Å²) in [6.45, 7) is 0.270. The Labute approximate surface area is 124 Å². The molecule has 0 aliphatic carbocycles. The Balaban J connectivity index is 2.14. The first-order valence-electron chi connectivity index (χ1n) is 5.67. The molecule has 0 aliphatic heterocycles. The molecule has 0 heterocycles. The summed E-state index contributed by atoms with van der Waals surface area (Å²) >= 11 is 9.25. The second-order valence-electron chi connectivity index (χ2n) is 4.06. The second kappa shape index (κ2) is 6.37. The van der Waals surface area contributed by atoms with Crippen LogP contribution in [0.3, 0.4) is 0 Å². The van der Waals surface area contributed by atoms with E-state index < -0.39 is 0 Å². The van der Waals surface area contributed by atoms with Gasteiger partial charge >= 0.3 is 0 Å². The highest BCUT2D eigenvalue weighted by molar-refractivity contribution is 9.10. The lowest BCUT2D eigenvalue weighted by Crippen LogP contribution is -2.03. The number of halogens is 3. The first kappa shape index (κ1) is 14.3. The van der Waals surface area contributed by atoms with Crippen molar-refractivity contribution in [2.45, 2.75) is 13.2 Å². The monoisotopic (exact) mass is 343 g/mol. The average Bonchev–Trinajstić information content (AvgIpc) is 2.39. The van der Waals surface area contributed by atoms with E-state index in [9.17, 15) is 4.39 Å². The molecule has 2 rings (SSSR count). The molecule has 0 atom stereocenters. The molecule has 0 unspecified atom stereocenters. The van der Waals surface area contributed by atoms with Gasteiger partial charge in [-0.2, -0.15) is 0 Å². The van der Waals surface area contributed by atoms with Gasteiger partial charge in [0.05, 0.1) is 17.3 Å². The Bertz CT molecular complexity index is 592. The first-order valence-corrected chi connectivity index (χ1v) is 6.84. The van der Waals surface area contributed by atoms with Crippen LogP contribution in [0.25, 0.3) is 0 Å². The molecule has 0 saturated heterocycles. The largest absolute Gasteiger partial charge is 0.392 e. The Kier molecular flexibility index (Phi) is 4.80. The summed E-state index contributed by atoms with van der Waals surface area (Å²) in [5.74, 6) is -0.281. The van der Waals surface area contributed by atoms with Crippen LogP contribution in [0.5, 0.6) is 0 Å². The third kappa shape index (κ3) is 3.69. The summed E-state index contributed by atoms with van der Waals surface area (Å²) < 4.78 is 14.4. The van der Waals surface area contributed by atoms with E-state index in [1.807, 2.05) is 0 Å². The molecular weight excluding hydrogens is 333 g/mol. The van der Waals surface area contributed by atoms with Crippen molar-refractivity contribution < 1.29 is 9.50 Å². The van der Waals surface area contributed by atoms with Gasteiger partial charge in [-0.15, -0.1) is 0 Å². The van der Waals surface area contributed by atoms with Crippen LogP contribution in [0.2, 0.25) is 5.02 Å². The number of benzene rings is 2. The molecule has 0 radical (unpaired) electrons. The van der Waals surface area contributed by atoms with Crippen LogP contribution in [-0.2, 0) is 13.2 Å². The summed E-state index contributed by atoms with van der Waals surface area (Å²) in [5, 5.41) is 12.7. The van der Waals surface area contributed by atoms with Crippen molar-refractivity contribution in [2.75, 3.05) is 5.32 Å². The minimum Gasteiger partial charge on any atom is -0.392 e. The van der Waals surface area contributed by atoms with Crippen LogP contribution >= 0.6 is 27.5 Å². The maximum absolute atomic E-state index is 13.7. The van der Waals surface area contributed by atoms with Crippen molar-refractivity contribution in [3.05, 3.63) is 62.8 Å². The van der Waals surface area contributed by atoms with E-state index in [0.717, 1.165) is 5.56 Å². The van der Waals surface area contributed by atoms with Crippen molar-refractivity contribution in [1.82, 2.24) is 0 Å². The van der Waals surface area contributed by atoms with Crippen LogP contribution in [0.4, 0.5) is 10.1 Å². The highest BCUT2D eigenvalue weighted by Crippen LogP contribution is 2.24. The maximum atomic E-state index is 13.7. The van der Waals surface area contributed by atoms with Crippen LogP contribution in [0, 0.1) is 5.82 Å². The predicted octanol–water partition coefficient (Wildman–Crippen LogP) is 4.35. The maximum Gasteiger partial charge on any atom is 0.129 e. The van der Waals surface area contributed by atoms with Gasteiger partial charge in [-0.25, -0.2) is 4.39 Å². The zero-order chi connectivity index (χ0) is 13.8. The molecule has 0 aromatic heterocycles. The zero-order valence-electron chi connectivity index (χ0n) is 9.96. The number of hydrogen-bond acceptors (Lipinski definition) is 2. The Morgan fingerprint density at radius 3 is 2.68 bits per heavy atom. The van der Waals surface area contributed by atoms with E-state index in [2.05, 4.69) is 21.2 Å². The molecule has 0 saturated carbocycles. The van der Waals surface area contributed by atoms with Gasteiger partial charge in [0.2, 0.25) is 0 Å². The minimum atomic E-state index is -0.281. The number of anilines is 1. The van der Waals surface area contributed by atoms with Gasteiger partial charge in [-0.3, -0.25) is 0 Å². The molecule has 5 heteroatoms. The topological polar surface area (TPSA) is 32.3 Å². The molecule has 0 amide bonds. The molecular formula is C14H12BrClFNO. The fourth-order valence-corrected chi connectivity index (χ4v) is 2.18. The van der Waals surface area contributed by atoms with Crippen molar-refractivity contribution in [1.29, 1.82) is 0 Å².